The van der Waals surface area contributed by atoms with Crippen LogP contribution in [-0.4, -0.2) is 12.5 Å². The van der Waals surface area contributed by atoms with Crippen molar-refractivity contribution in [2.45, 2.75) is 19.0 Å². The van der Waals surface area contributed by atoms with E-state index in [9.17, 15) is 18.0 Å². The Bertz CT molecular complexity index is 741. The molecule has 0 atom stereocenters. The number of amides is 1. The lowest BCUT2D eigenvalue weighted by Gasteiger charge is -2.11. The molecule has 1 aliphatic rings. The van der Waals surface area contributed by atoms with Crippen molar-refractivity contribution in [1.29, 1.82) is 0 Å². The molecule has 120 valence electrons. The molecular formula is C17H14F3NO2. The van der Waals surface area contributed by atoms with Gasteiger partial charge in [-0.3, -0.25) is 4.79 Å². The molecule has 3 nitrogen and oxygen atoms in total. The van der Waals surface area contributed by atoms with Gasteiger partial charge in [0.25, 0.3) is 0 Å². The standard InChI is InChI=1S/C17H14F3NO2/c18-17(19,20)12-4-2-5-13(9-12)23-8-7-11-3-1-6-15-14(11)10-16(22)21-15/h1-6,9H,7-8,10H2,(H,21,22). The van der Waals surface area contributed by atoms with E-state index in [4.69, 9.17) is 4.74 Å². The average Bonchev–Trinajstić information content (AvgIpc) is 2.88. The van der Waals surface area contributed by atoms with Gasteiger partial charge in [-0.25, -0.2) is 0 Å². The molecule has 2 aromatic carbocycles. The molecule has 2 aromatic rings. The van der Waals surface area contributed by atoms with Crippen LogP contribution in [0.15, 0.2) is 42.5 Å². The molecule has 1 aliphatic heterocycles. The fraction of sp³-hybridized carbons (Fsp3) is 0.235. The third-order valence-electron chi connectivity index (χ3n) is 3.69. The van der Waals surface area contributed by atoms with Gasteiger partial charge in [0, 0.05) is 12.1 Å². The fourth-order valence-electron chi connectivity index (χ4n) is 2.59. The lowest BCUT2D eigenvalue weighted by molar-refractivity contribution is -0.137. The monoisotopic (exact) mass is 321 g/mol. The Morgan fingerprint density at radius 3 is 2.70 bits per heavy atom. The Hall–Kier alpha value is -2.50. The predicted octanol–water partition coefficient (Wildman–Crippen LogP) is 3.82. The summed E-state index contributed by atoms with van der Waals surface area (Å²) in [6, 6.07) is 10.4. The SMILES string of the molecule is O=C1Cc2c(CCOc3cccc(C(F)(F)F)c3)cccc2N1. The van der Waals surface area contributed by atoms with E-state index in [0.717, 1.165) is 28.9 Å². The number of hydrogen-bond donors (Lipinski definition) is 1. The topological polar surface area (TPSA) is 38.3 Å². The highest BCUT2D eigenvalue weighted by Gasteiger charge is 2.30. The molecule has 0 fully saturated rings. The number of hydrogen-bond acceptors (Lipinski definition) is 2. The zero-order valence-corrected chi connectivity index (χ0v) is 12.1. The van der Waals surface area contributed by atoms with E-state index in [1.807, 2.05) is 18.2 Å². The van der Waals surface area contributed by atoms with Crippen LogP contribution in [-0.2, 0) is 23.8 Å². The van der Waals surface area contributed by atoms with E-state index >= 15 is 0 Å². The number of rotatable bonds is 4. The van der Waals surface area contributed by atoms with Crippen LogP contribution in [0.5, 0.6) is 5.75 Å². The summed E-state index contributed by atoms with van der Waals surface area (Å²) in [6.45, 7) is 0.242. The van der Waals surface area contributed by atoms with Gasteiger partial charge in [0.2, 0.25) is 5.91 Å². The smallest absolute Gasteiger partial charge is 0.416 e. The van der Waals surface area contributed by atoms with Crippen molar-refractivity contribution in [2.75, 3.05) is 11.9 Å². The molecule has 0 bridgehead atoms. The quantitative estimate of drug-likeness (QED) is 0.929. The Kier molecular flexibility index (Phi) is 3.98. The van der Waals surface area contributed by atoms with Crippen molar-refractivity contribution >= 4 is 11.6 Å². The summed E-state index contributed by atoms with van der Waals surface area (Å²) in [5.41, 5.74) is 1.97. The fourth-order valence-corrected chi connectivity index (χ4v) is 2.59. The van der Waals surface area contributed by atoms with Crippen LogP contribution < -0.4 is 10.1 Å². The van der Waals surface area contributed by atoms with Crippen molar-refractivity contribution in [3.63, 3.8) is 0 Å². The number of alkyl halides is 3. The number of carbonyl (C=O) groups is 1. The van der Waals surface area contributed by atoms with E-state index in [1.54, 1.807) is 0 Å². The van der Waals surface area contributed by atoms with E-state index in [2.05, 4.69) is 5.32 Å². The maximum absolute atomic E-state index is 12.6. The Morgan fingerprint density at radius 2 is 1.91 bits per heavy atom. The highest BCUT2D eigenvalue weighted by atomic mass is 19.4. The minimum atomic E-state index is -4.38. The molecule has 0 saturated heterocycles. The van der Waals surface area contributed by atoms with Crippen molar-refractivity contribution in [1.82, 2.24) is 0 Å². The molecular weight excluding hydrogens is 307 g/mol. The summed E-state index contributed by atoms with van der Waals surface area (Å²) in [7, 11) is 0. The number of anilines is 1. The Morgan fingerprint density at radius 1 is 1.13 bits per heavy atom. The van der Waals surface area contributed by atoms with Crippen molar-refractivity contribution in [3.05, 3.63) is 59.2 Å². The first-order chi connectivity index (χ1) is 10.9. The molecule has 1 heterocycles. The van der Waals surface area contributed by atoms with Crippen LogP contribution >= 0.6 is 0 Å². The normalized spacial score (nSPS) is 13.6. The summed E-state index contributed by atoms with van der Waals surface area (Å²) in [6.07, 6.45) is -3.53. The van der Waals surface area contributed by atoms with Gasteiger partial charge in [-0.05, 0) is 35.4 Å². The molecule has 0 spiro atoms. The number of nitrogens with one attached hydrogen (secondary N) is 1. The minimum absolute atomic E-state index is 0.0498. The molecule has 1 N–H and O–H groups in total. The summed E-state index contributed by atoms with van der Waals surface area (Å²) >= 11 is 0. The molecule has 1 amide bonds. The number of halogens is 3. The largest absolute Gasteiger partial charge is 0.493 e. The lowest BCUT2D eigenvalue weighted by Crippen LogP contribution is -2.07. The Balaban J connectivity index is 1.65. The van der Waals surface area contributed by atoms with E-state index < -0.39 is 11.7 Å². The van der Waals surface area contributed by atoms with Crippen molar-refractivity contribution in [2.24, 2.45) is 0 Å². The lowest BCUT2D eigenvalue weighted by atomic mass is 10.0. The summed E-state index contributed by atoms with van der Waals surface area (Å²) < 4.78 is 43.4. The molecule has 6 heteroatoms. The molecule has 0 radical (unpaired) electrons. The first-order valence-corrected chi connectivity index (χ1v) is 7.14. The average molecular weight is 321 g/mol. The summed E-state index contributed by atoms with van der Waals surface area (Å²) in [5.74, 6) is 0.132. The van der Waals surface area contributed by atoms with E-state index in [-0.39, 0.29) is 18.3 Å². The number of fused-ring (bicyclic) bond motifs is 1. The van der Waals surface area contributed by atoms with Crippen LogP contribution in [0.4, 0.5) is 18.9 Å². The number of carbonyl (C=O) groups excluding carboxylic acids is 1. The molecule has 23 heavy (non-hydrogen) atoms. The van der Waals surface area contributed by atoms with Gasteiger partial charge in [-0.1, -0.05) is 18.2 Å². The van der Waals surface area contributed by atoms with E-state index in [0.29, 0.717) is 12.8 Å². The zero-order chi connectivity index (χ0) is 16.4. The zero-order valence-electron chi connectivity index (χ0n) is 12.1. The second-order valence-electron chi connectivity index (χ2n) is 5.29. The van der Waals surface area contributed by atoms with Crippen LogP contribution in [0, 0.1) is 0 Å². The van der Waals surface area contributed by atoms with Crippen LogP contribution in [0.25, 0.3) is 0 Å². The predicted molar refractivity (Wildman–Crippen MR) is 79.4 cm³/mol. The third-order valence-corrected chi connectivity index (χ3v) is 3.69. The maximum atomic E-state index is 12.6. The highest BCUT2D eigenvalue weighted by molar-refractivity contribution is 5.99. The van der Waals surface area contributed by atoms with Gasteiger partial charge in [-0.15, -0.1) is 0 Å². The van der Waals surface area contributed by atoms with Gasteiger partial charge in [0.05, 0.1) is 18.6 Å². The number of ether oxygens (including phenoxy) is 1. The highest BCUT2D eigenvalue weighted by Crippen LogP contribution is 2.31. The van der Waals surface area contributed by atoms with Gasteiger partial charge in [-0.2, -0.15) is 13.2 Å². The Labute approximate surface area is 131 Å². The molecule has 0 saturated carbocycles. The van der Waals surface area contributed by atoms with Gasteiger partial charge in [0.15, 0.2) is 0 Å². The summed E-state index contributed by atoms with van der Waals surface area (Å²) in [5, 5.41) is 2.77. The second kappa shape index (κ2) is 5.95. The number of benzene rings is 2. The molecule has 3 rings (SSSR count). The molecule has 0 unspecified atom stereocenters. The second-order valence-corrected chi connectivity index (χ2v) is 5.29. The van der Waals surface area contributed by atoms with Gasteiger partial charge >= 0.3 is 6.18 Å². The first kappa shape index (κ1) is 15.4. The van der Waals surface area contributed by atoms with Crippen molar-refractivity contribution < 1.29 is 22.7 Å². The van der Waals surface area contributed by atoms with Gasteiger partial charge < -0.3 is 10.1 Å². The van der Waals surface area contributed by atoms with Crippen LogP contribution in [0.2, 0.25) is 0 Å². The van der Waals surface area contributed by atoms with Crippen LogP contribution in [0.3, 0.4) is 0 Å². The third kappa shape index (κ3) is 3.47. The van der Waals surface area contributed by atoms with Crippen molar-refractivity contribution in [3.8, 4) is 5.75 Å². The van der Waals surface area contributed by atoms with Gasteiger partial charge in [0.1, 0.15) is 5.75 Å². The van der Waals surface area contributed by atoms with Crippen LogP contribution in [0.1, 0.15) is 16.7 Å². The van der Waals surface area contributed by atoms with E-state index in [1.165, 1.54) is 12.1 Å². The summed E-state index contributed by atoms with van der Waals surface area (Å²) in [4.78, 5) is 11.4. The molecule has 0 aromatic heterocycles. The minimum Gasteiger partial charge on any atom is -0.493 e. The first-order valence-electron chi connectivity index (χ1n) is 7.14. The molecule has 0 aliphatic carbocycles. The maximum Gasteiger partial charge on any atom is 0.416 e.